The number of thioether (sulfide) groups is 1. The molecule has 0 aliphatic heterocycles. The summed E-state index contributed by atoms with van der Waals surface area (Å²) in [6.07, 6.45) is 0. The quantitative estimate of drug-likeness (QED) is 0.658. The zero-order valence-corrected chi connectivity index (χ0v) is 12.7. The summed E-state index contributed by atoms with van der Waals surface area (Å²) >= 11 is 4.81. The summed E-state index contributed by atoms with van der Waals surface area (Å²) in [4.78, 5) is 1.01. The lowest BCUT2D eigenvalue weighted by Crippen LogP contribution is -1.91. The molecule has 2 N–H and O–H groups in total. The van der Waals surface area contributed by atoms with Crippen LogP contribution in [-0.4, -0.2) is 7.11 Å². The molecule has 2 rings (SSSR count). The summed E-state index contributed by atoms with van der Waals surface area (Å²) in [7, 11) is 1.62. The number of nitrogens with two attached hydrogens (primary N) is 1. The zero-order valence-electron chi connectivity index (χ0n) is 10.3. The fraction of sp³-hybridized carbons (Fsp3) is 0.143. The summed E-state index contributed by atoms with van der Waals surface area (Å²) in [6, 6.07) is 10.6. The Morgan fingerprint density at radius 3 is 2.74 bits per heavy atom. The fourth-order valence-corrected chi connectivity index (χ4v) is 2.97. The topological polar surface area (TPSA) is 35.2 Å². The van der Waals surface area contributed by atoms with E-state index in [4.69, 9.17) is 10.5 Å². The van der Waals surface area contributed by atoms with E-state index in [1.165, 1.54) is 6.07 Å². The van der Waals surface area contributed by atoms with Crippen molar-refractivity contribution in [3.63, 3.8) is 0 Å². The van der Waals surface area contributed by atoms with E-state index in [2.05, 4.69) is 15.9 Å². The maximum atomic E-state index is 13.1. The van der Waals surface area contributed by atoms with E-state index in [1.807, 2.05) is 12.1 Å². The third-order valence-electron chi connectivity index (χ3n) is 2.57. The summed E-state index contributed by atoms with van der Waals surface area (Å²) in [5.74, 6) is 1.24. The summed E-state index contributed by atoms with van der Waals surface area (Å²) in [5.41, 5.74) is 7.42. The Hall–Kier alpha value is -1.20. The highest BCUT2D eigenvalue weighted by Crippen LogP contribution is 2.33. The number of ether oxygens (including phenoxy) is 1. The molecule has 0 amide bonds. The van der Waals surface area contributed by atoms with Crippen LogP contribution in [0.1, 0.15) is 5.56 Å². The SMILES string of the molecule is COc1cc(N)ccc1SCc1ccc(F)c(Br)c1. The molecule has 0 aliphatic rings. The Morgan fingerprint density at radius 1 is 1.26 bits per heavy atom. The number of halogens is 2. The van der Waals surface area contributed by atoms with Crippen LogP contribution in [0, 0.1) is 5.82 Å². The Balaban J connectivity index is 2.12. The smallest absolute Gasteiger partial charge is 0.137 e. The van der Waals surface area contributed by atoms with E-state index >= 15 is 0 Å². The van der Waals surface area contributed by atoms with Gasteiger partial charge < -0.3 is 10.5 Å². The van der Waals surface area contributed by atoms with Crippen molar-refractivity contribution in [2.24, 2.45) is 0 Å². The molecule has 0 radical (unpaired) electrons. The van der Waals surface area contributed by atoms with Gasteiger partial charge in [-0.05, 0) is 45.8 Å². The van der Waals surface area contributed by atoms with E-state index in [1.54, 1.807) is 37.1 Å². The number of methoxy groups -OCH3 is 1. The Morgan fingerprint density at radius 2 is 2.05 bits per heavy atom. The minimum absolute atomic E-state index is 0.251. The van der Waals surface area contributed by atoms with Crippen molar-refractivity contribution in [1.82, 2.24) is 0 Å². The van der Waals surface area contributed by atoms with Crippen molar-refractivity contribution in [2.75, 3.05) is 12.8 Å². The van der Waals surface area contributed by atoms with Crippen LogP contribution in [0.2, 0.25) is 0 Å². The third-order valence-corrected chi connectivity index (χ3v) is 4.30. The molecule has 19 heavy (non-hydrogen) atoms. The average molecular weight is 342 g/mol. The molecule has 100 valence electrons. The first kappa shape index (κ1) is 14.2. The van der Waals surface area contributed by atoms with Gasteiger partial charge in [-0.2, -0.15) is 0 Å². The molecule has 0 atom stereocenters. The van der Waals surface area contributed by atoms with E-state index in [-0.39, 0.29) is 5.82 Å². The molecule has 2 aromatic carbocycles. The highest BCUT2D eigenvalue weighted by atomic mass is 79.9. The first-order chi connectivity index (χ1) is 9.10. The van der Waals surface area contributed by atoms with Crippen LogP contribution in [0.25, 0.3) is 0 Å². The predicted octanol–water partition coefficient (Wildman–Crippen LogP) is 4.47. The van der Waals surface area contributed by atoms with E-state index in [9.17, 15) is 4.39 Å². The molecular formula is C14H13BrFNOS. The van der Waals surface area contributed by atoms with Gasteiger partial charge in [-0.1, -0.05) is 6.07 Å². The molecule has 0 unspecified atom stereocenters. The second-order valence-electron chi connectivity index (χ2n) is 3.95. The predicted molar refractivity (Wildman–Crippen MR) is 81.1 cm³/mol. The molecule has 0 bridgehead atoms. The van der Waals surface area contributed by atoms with Crippen molar-refractivity contribution in [3.05, 3.63) is 52.3 Å². The molecule has 0 heterocycles. The minimum Gasteiger partial charge on any atom is -0.496 e. The molecule has 0 aromatic heterocycles. The van der Waals surface area contributed by atoms with Gasteiger partial charge in [0.25, 0.3) is 0 Å². The Bertz CT molecular complexity index is 592. The van der Waals surface area contributed by atoms with Gasteiger partial charge in [-0.3, -0.25) is 0 Å². The number of hydrogen-bond acceptors (Lipinski definition) is 3. The van der Waals surface area contributed by atoms with Gasteiger partial charge in [-0.15, -0.1) is 11.8 Å². The number of hydrogen-bond donors (Lipinski definition) is 1. The standard InChI is InChI=1S/C14H13BrFNOS/c1-18-13-7-10(17)3-5-14(13)19-8-9-2-4-12(16)11(15)6-9/h2-7H,8,17H2,1H3. The van der Waals surface area contributed by atoms with Gasteiger partial charge in [0.1, 0.15) is 11.6 Å². The highest BCUT2D eigenvalue weighted by Gasteiger charge is 2.06. The summed E-state index contributed by atoms with van der Waals surface area (Å²) in [5, 5.41) is 0. The van der Waals surface area contributed by atoms with Gasteiger partial charge in [0.15, 0.2) is 0 Å². The molecule has 2 nitrogen and oxygen atoms in total. The number of rotatable bonds is 4. The van der Waals surface area contributed by atoms with Crippen LogP contribution in [0.15, 0.2) is 45.8 Å². The average Bonchev–Trinajstić information content (AvgIpc) is 2.41. The van der Waals surface area contributed by atoms with Crippen molar-refractivity contribution in [3.8, 4) is 5.75 Å². The van der Waals surface area contributed by atoms with E-state index in [0.717, 1.165) is 22.0 Å². The van der Waals surface area contributed by atoms with Gasteiger partial charge in [0.2, 0.25) is 0 Å². The van der Waals surface area contributed by atoms with Crippen LogP contribution in [0.3, 0.4) is 0 Å². The van der Waals surface area contributed by atoms with Crippen LogP contribution in [0.5, 0.6) is 5.75 Å². The molecule has 0 spiro atoms. The van der Waals surface area contributed by atoms with Crippen LogP contribution >= 0.6 is 27.7 Å². The molecule has 2 aromatic rings. The summed E-state index contributed by atoms with van der Waals surface area (Å²) in [6.45, 7) is 0. The van der Waals surface area contributed by atoms with Gasteiger partial charge in [0, 0.05) is 22.4 Å². The highest BCUT2D eigenvalue weighted by molar-refractivity contribution is 9.10. The largest absolute Gasteiger partial charge is 0.496 e. The molecule has 5 heteroatoms. The molecule has 0 saturated heterocycles. The Labute approximate surface area is 124 Å². The van der Waals surface area contributed by atoms with Crippen LogP contribution in [-0.2, 0) is 5.75 Å². The van der Waals surface area contributed by atoms with Crippen molar-refractivity contribution in [2.45, 2.75) is 10.6 Å². The third kappa shape index (κ3) is 3.64. The lowest BCUT2D eigenvalue weighted by atomic mass is 10.2. The van der Waals surface area contributed by atoms with Crippen LogP contribution < -0.4 is 10.5 Å². The van der Waals surface area contributed by atoms with Gasteiger partial charge in [-0.25, -0.2) is 4.39 Å². The lowest BCUT2D eigenvalue weighted by molar-refractivity contribution is 0.405. The molecule has 0 fully saturated rings. The van der Waals surface area contributed by atoms with E-state index < -0.39 is 0 Å². The summed E-state index contributed by atoms with van der Waals surface area (Å²) < 4.78 is 18.9. The fourth-order valence-electron chi connectivity index (χ4n) is 1.59. The van der Waals surface area contributed by atoms with Crippen LogP contribution in [0.4, 0.5) is 10.1 Å². The van der Waals surface area contributed by atoms with Crippen molar-refractivity contribution >= 4 is 33.4 Å². The zero-order chi connectivity index (χ0) is 13.8. The van der Waals surface area contributed by atoms with Crippen molar-refractivity contribution < 1.29 is 9.13 Å². The second-order valence-corrected chi connectivity index (χ2v) is 5.82. The van der Waals surface area contributed by atoms with Gasteiger partial charge >= 0.3 is 0 Å². The molecule has 0 saturated carbocycles. The number of anilines is 1. The second kappa shape index (κ2) is 6.30. The number of benzene rings is 2. The van der Waals surface area contributed by atoms with Crippen molar-refractivity contribution in [1.29, 1.82) is 0 Å². The maximum absolute atomic E-state index is 13.1. The molecule has 0 aliphatic carbocycles. The first-order valence-electron chi connectivity index (χ1n) is 5.60. The lowest BCUT2D eigenvalue weighted by Gasteiger charge is -2.09. The first-order valence-corrected chi connectivity index (χ1v) is 7.38. The molecular weight excluding hydrogens is 329 g/mol. The monoisotopic (exact) mass is 341 g/mol. The van der Waals surface area contributed by atoms with E-state index in [0.29, 0.717) is 10.2 Å². The normalized spacial score (nSPS) is 10.5. The minimum atomic E-state index is -0.251. The maximum Gasteiger partial charge on any atom is 0.137 e. The van der Waals surface area contributed by atoms with Gasteiger partial charge in [0.05, 0.1) is 11.6 Å². The number of nitrogen functional groups attached to an aromatic ring is 1. The Kier molecular flexibility index (Phi) is 4.71.